The zero-order valence-electron chi connectivity index (χ0n) is 15.3. The molecule has 2 heterocycles. The van der Waals surface area contributed by atoms with Crippen LogP contribution in [0.3, 0.4) is 0 Å². The molecule has 1 unspecified atom stereocenters. The first-order valence-electron chi connectivity index (χ1n) is 9.23. The van der Waals surface area contributed by atoms with E-state index < -0.39 is 0 Å². The number of piperidine rings is 1. The Hall–Kier alpha value is -2.47. The molecule has 1 atom stereocenters. The van der Waals surface area contributed by atoms with Gasteiger partial charge in [-0.05, 0) is 30.9 Å². The fraction of sp³-hybridized carbons (Fsp3) is 0.450. The van der Waals surface area contributed by atoms with E-state index in [0.29, 0.717) is 19.0 Å². The summed E-state index contributed by atoms with van der Waals surface area (Å²) in [5.74, 6) is 0.597. The number of nitrogens with one attached hydrogen (secondary N) is 1. The summed E-state index contributed by atoms with van der Waals surface area (Å²) in [6.07, 6.45) is 7.40. The number of hydrogen-bond acceptors (Lipinski definition) is 4. The topological polar surface area (TPSA) is 61.4 Å². The second-order valence-electron chi connectivity index (χ2n) is 6.84. The van der Waals surface area contributed by atoms with Crippen molar-refractivity contribution in [3.05, 3.63) is 60.2 Å². The molecule has 1 aromatic heterocycles. The van der Waals surface area contributed by atoms with E-state index in [2.05, 4.69) is 50.5 Å². The molecule has 2 amide bonds. The first kappa shape index (κ1) is 18.3. The number of benzene rings is 1. The highest BCUT2D eigenvalue weighted by Crippen LogP contribution is 2.26. The average Bonchev–Trinajstić information content (AvgIpc) is 2.69. The van der Waals surface area contributed by atoms with Crippen LogP contribution >= 0.6 is 0 Å². The highest BCUT2D eigenvalue weighted by Gasteiger charge is 2.21. The van der Waals surface area contributed by atoms with Crippen LogP contribution in [0.2, 0.25) is 0 Å². The van der Waals surface area contributed by atoms with E-state index >= 15 is 0 Å². The fourth-order valence-corrected chi connectivity index (χ4v) is 3.44. The van der Waals surface area contributed by atoms with Crippen LogP contribution in [0.1, 0.15) is 30.0 Å². The van der Waals surface area contributed by atoms with Gasteiger partial charge in [0.05, 0.1) is 18.4 Å². The minimum absolute atomic E-state index is 0.0766. The standard InChI is InChI=1S/C20H27N5O/c1-24(16-19-14-21-9-10-22-19)20(26)23-11-13-25-12-5-8-18(15-25)17-6-3-2-4-7-17/h2-4,6-7,9-10,14,18H,5,8,11-13,15-16H2,1H3,(H,23,26). The minimum Gasteiger partial charge on any atom is -0.337 e. The van der Waals surface area contributed by atoms with Crippen LogP contribution in [0.15, 0.2) is 48.9 Å². The highest BCUT2D eigenvalue weighted by atomic mass is 16.2. The second kappa shape index (κ2) is 9.29. The Morgan fingerprint density at radius 2 is 2.15 bits per heavy atom. The van der Waals surface area contributed by atoms with E-state index in [0.717, 1.165) is 25.3 Å². The molecular formula is C20H27N5O. The van der Waals surface area contributed by atoms with Crippen LogP contribution in [0.5, 0.6) is 0 Å². The number of carbonyl (C=O) groups excluding carboxylic acids is 1. The van der Waals surface area contributed by atoms with Crippen LogP contribution in [-0.2, 0) is 6.54 Å². The lowest BCUT2D eigenvalue weighted by Gasteiger charge is -2.33. The van der Waals surface area contributed by atoms with Gasteiger partial charge in [0.2, 0.25) is 0 Å². The molecule has 0 bridgehead atoms. The monoisotopic (exact) mass is 353 g/mol. The highest BCUT2D eigenvalue weighted by molar-refractivity contribution is 5.73. The Bertz CT molecular complexity index is 679. The van der Waals surface area contributed by atoms with E-state index in [1.807, 2.05) is 0 Å². The van der Waals surface area contributed by atoms with Gasteiger partial charge in [0.15, 0.2) is 0 Å². The predicted octanol–water partition coefficient (Wildman–Crippen LogP) is 2.50. The Morgan fingerprint density at radius 3 is 2.92 bits per heavy atom. The molecule has 6 heteroatoms. The molecule has 0 spiro atoms. The molecule has 138 valence electrons. The third-order valence-electron chi connectivity index (χ3n) is 4.84. The Morgan fingerprint density at radius 1 is 1.31 bits per heavy atom. The summed E-state index contributed by atoms with van der Waals surface area (Å²) in [6.45, 7) is 4.17. The van der Waals surface area contributed by atoms with Crippen LogP contribution in [0, 0.1) is 0 Å². The van der Waals surface area contributed by atoms with Crippen molar-refractivity contribution in [1.82, 2.24) is 25.1 Å². The van der Waals surface area contributed by atoms with E-state index in [4.69, 9.17) is 0 Å². The molecule has 2 aromatic rings. The van der Waals surface area contributed by atoms with Crippen molar-refractivity contribution in [2.75, 3.05) is 33.2 Å². The average molecular weight is 353 g/mol. The van der Waals surface area contributed by atoms with Crippen molar-refractivity contribution in [2.24, 2.45) is 0 Å². The molecule has 1 N–H and O–H groups in total. The summed E-state index contributed by atoms with van der Waals surface area (Å²) in [7, 11) is 1.77. The van der Waals surface area contributed by atoms with Gasteiger partial charge in [-0.1, -0.05) is 30.3 Å². The number of hydrogen-bond donors (Lipinski definition) is 1. The van der Waals surface area contributed by atoms with Gasteiger partial charge in [0.1, 0.15) is 0 Å². The predicted molar refractivity (Wildman–Crippen MR) is 102 cm³/mol. The molecule has 0 saturated carbocycles. The number of rotatable bonds is 6. The smallest absolute Gasteiger partial charge is 0.317 e. The number of carbonyl (C=O) groups is 1. The number of aromatic nitrogens is 2. The van der Waals surface area contributed by atoms with Gasteiger partial charge in [0, 0.05) is 39.1 Å². The van der Waals surface area contributed by atoms with Crippen molar-refractivity contribution < 1.29 is 4.79 Å². The molecule has 0 aliphatic carbocycles. The molecule has 1 fully saturated rings. The molecule has 6 nitrogen and oxygen atoms in total. The van der Waals surface area contributed by atoms with Gasteiger partial charge in [-0.3, -0.25) is 9.97 Å². The second-order valence-corrected chi connectivity index (χ2v) is 6.84. The van der Waals surface area contributed by atoms with Crippen LogP contribution in [0.25, 0.3) is 0 Å². The van der Waals surface area contributed by atoms with Gasteiger partial charge >= 0.3 is 6.03 Å². The van der Waals surface area contributed by atoms with Gasteiger partial charge < -0.3 is 15.1 Å². The van der Waals surface area contributed by atoms with E-state index in [1.165, 1.54) is 18.4 Å². The maximum atomic E-state index is 12.2. The lowest BCUT2D eigenvalue weighted by atomic mass is 9.91. The third-order valence-corrected chi connectivity index (χ3v) is 4.84. The van der Waals surface area contributed by atoms with Gasteiger partial charge in [-0.15, -0.1) is 0 Å². The number of amides is 2. The molecule has 26 heavy (non-hydrogen) atoms. The molecule has 1 aliphatic rings. The van der Waals surface area contributed by atoms with Gasteiger partial charge in [0.25, 0.3) is 0 Å². The lowest BCUT2D eigenvalue weighted by Crippen LogP contribution is -2.43. The Kier molecular flexibility index (Phi) is 6.55. The van der Waals surface area contributed by atoms with Crippen molar-refractivity contribution in [2.45, 2.75) is 25.3 Å². The number of nitrogens with zero attached hydrogens (tertiary/aromatic N) is 4. The SMILES string of the molecule is CN(Cc1cnccn1)C(=O)NCCN1CCCC(c2ccccc2)C1. The van der Waals surface area contributed by atoms with Crippen molar-refractivity contribution in [3.63, 3.8) is 0 Å². The maximum Gasteiger partial charge on any atom is 0.317 e. The Balaban J connectivity index is 1.40. The van der Waals surface area contributed by atoms with Gasteiger partial charge in [-0.2, -0.15) is 0 Å². The normalized spacial score (nSPS) is 17.7. The molecule has 1 saturated heterocycles. The van der Waals surface area contributed by atoms with Gasteiger partial charge in [-0.25, -0.2) is 4.79 Å². The molecule has 1 aromatic carbocycles. The minimum atomic E-state index is -0.0766. The van der Waals surface area contributed by atoms with E-state index in [9.17, 15) is 4.79 Å². The summed E-state index contributed by atoms with van der Waals surface area (Å²) < 4.78 is 0. The fourth-order valence-electron chi connectivity index (χ4n) is 3.44. The maximum absolute atomic E-state index is 12.2. The first-order chi connectivity index (χ1) is 12.7. The van der Waals surface area contributed by atoms with Crippen LogP contribution < -0.4 is 5.32 Å². The number of likely N-dealkylation sites (tertiary alicyclic amines) is 1. The van der Waals surface area contributed by atoms with Crippen molar-refractivity contribution in [3.8, 4) is 0 Å². The molecule has 1 aliphatic heterocycles. The quantitative estimate of drug-likeness (QED) is 0.867. The summed E-state index contributed by atoms with van der Waals surface area (Å²) in [5, 5.41) is 3.00. The van der Waals surface area contributed by atoms with Crippen molar-refractivity contribution >= 4 is 6.03 Å². The molecule has 0 radical (unpaired) electrons. The Labute approximate surface area is 155 Å². The summed E-state index contributed by atoms with van der Waals surface area (Å²) in [5.41, 5.74) is 2.21. The van der Waals surface area contributed by atoms with E-state index in [-0.39, 0.29) is 6.03 Å². The summed E-state index contributed by atoms with van der Waals surface area (Å²) in [6, 6.07) is 10.7. The largest absolute Gasteiger partial charge is 0.337 e. The first-order valence-corrected chi connectivity index (χ1v) is 9.23. The zero-order valence-corrected chi connectivity index (χ0v) is 15.3. The third kappa shape index (κ3) is 5.26. The summed E-state index contributed by atoms with van der Waals surface area (Å²) in [4.78, 5) is 24.5. The van der Waals surface area contributed by atoms with Crippen LogP contribution in [-0.4, -0.2) is 59.0 Å². The molecule has 3 rings (SSSR count). The lowest BCUT2D eigenvalue weighted by molar-refractivity contribution is 0.192. The summed E-state index contributed by atoms with van der Waals surface area (Å²) >= 11 is 0. The van der Waals surface area contributed by atoms with Crippen molar-refractivity contribution in [1.29, 1.82) is 0 Å². The van der Waals surface area contributed by atoms with Crippen LogP contribution in [0.4, 0.5) is 4.79 Å². The number of urea groups is 1. The zero-order chi connectivity index (χ0) is 18.2. The van der Waals surface area contributed by atoms with E-state index in [1.54, 1.807) is 30.5 Å². The molecular weight excluding hydrogens is 326 g/mol.